The Labute approximate surface area is 116 Å². The van der Waals surface area contributed by atoms with Crippen molar-refractivity contribution in [3.8, 4) is 0 Å². The molecular formula is C14H17N3OS. The standard InChI is InChI=1S/C14H17N3OS/c1-2-3-12-6-11(7-13(15)17-12)14(18)16-8-10-4-5-19-9-10/h4-7,9H,2-3,8H2,1H3,(H2,15,17)(H,16,18). The lowest BCUT2D eigenvalue weighted by Crippen LogP contribution is -2.23. The molecule has 0 fully saturated rings. The van der Waals surface area contributed by atoms with E-state index < -0.39 is 0 Å². The smallest absolute Gasteiger partial charge is 0.251 e. The lowest BCUT2D eigenvalue weighted by molar-refractivity contribution is 0.0950. The van der Waals surface area contributed by atoms with Crippen molar-refractivity contribution in [2.24, 2.45) is 0 Å². The number of hydrogen-bond acceptors (Lipinski definition) is 4. The number of amides is 1. The van der Waals surface area contributed by atoms with Crippen LogP contribution < -0.4 is 11.1 Å². The highest BCUT2D eigenvalue weighted by atomic mass is 32.1. The Bertz CT molecular complexity index is 552. The summed E-state index contributed by atoms with van der Waals surface area (Å²) in [5.74, 6) is 0.282. The van der Waals surface area contributed by atoms with E-state index in [1.165, 1.54) is 0 Å². The molecule has 4 nitrogen and oxygen atoms in total. The molecule has 0 atom stereocenters. The number of hydrogen-bond donors (Lipinski definition) is 2. The molecule has 0 aliphatic heterocycles. The minimum Gasteiger partial charge on any atom is -0.384 e. The fourth-order valence-corrected chi connectivity index (χ4v) is 2.47. The summed E-state index contributed by atoms with van der Waals surface area (Å²) in [6.45, 7) is 2.61. The Balaban J connectivity index is 2.05. The summed E-state index contributed by atoms with van der Waals surface area (Å²) in [5, 5.41) is 6.89. The van der Waals surface area contributed by atoms with Gasteiger partial charge in [0.25, 0.3) is 5.91 Å². The molecule has 0 aromatic carbocycles. The summed E-state index contributed by atoms with van der Waals surface area (Å²) < 4.78 is 0. The molecular weight excluding hydrogens is 258 g/mol. The Morgan fingerprint density at radius 2 is 2.32 bits per heavy atom. The van der Waals surface area contributed by atoms with Crippen molar-refractivity contribution in [2.45, 2.75) is 26.3 Å². The molecule has 0 aliphatic rings. The second-order valence-electron chi connectivity index (χ2n) is 4.34. The Kier molecular flexibility index (Phi) is 4.52. The van der Waals surface area contributed by atoms with Crippen LogP contribution in [0.4, 0.5) is 5.82 Å². The number of nitrogens with one attached hydrogen (secondary N) is 1. The molecule has 1 amide bonds. The summed E-state index contributed by atoms with van der Waals surface area (Å²) >= 11 is 1.62. The molecule has 19 heavy (non-hydrogen) atoms. The summed E-state index contributed by atoms with van der Waals surface area (Å²) in [4.78, 5) is 16.3. The van der Waals surface area contributed by atoms with Gasteiger partial charge in [-0.05, 0) is 40.9 Å². The van der Waals surface area contributed by atoms with Gasteiger partial charge in [0, 0.05) is 17.8 Å². The fourth-order valence-electron chi connectivity index (χ4n) is 1.80. The number of carbonyl (C=O) groups excluding carboxylic acids is 1. The van der Waals surface area contributed by atoms with Gasteiger partial charge in [-0.3, -0.25) is 4.79 Å². The van der Waals surface area contributed by atoms with Gasteiger partial charge in [0.2, 0.25) is 0 Å². The van der Waals surface area contributed by atoms with Crippen LogP contribution in [0.3, 0.4) is 0 Å². The zero-order valence-corrected chi connectivity index (χ0v) is 11.7. The van der Waals surface area contributed by atoms with Crippen LogP contribution in [0.25, 0.3) is 0 Å². The van der Waals surface area contributed by atoms with Crippen LogP contribution in [0.15, 0.2) is 29.0 Å². The maximum Gasteiger partial charge on any atom is 0.251 e. The van der Waals surface area contributed by atoms with Gasteiger partial charge in [-0.15, -0.1) is 0 Å². The third-order valence-electron chi connectivity index (χ3n) is 2.70. The molecule has 2 rings (SSSR count). The van der Waals surface area contributed by atoms with E-state index in [1.54, 1.807) is 17.4 Å². The number of nitrogens with two attached hydrogens (primary N) is 1. The normalized spacial score (nSPS) is 10.4. The first-order chi connectivity index (χ1) is 9.19. The van der Waals surface area contributed by atoms with Gasteiger partial charge in [0.05, 0.1) is 0 Å². The number of rotatable bonds is 5. The van der Waals surface area contributed by atoms with Crippen molar-refractivity contribution in [1.29, 1.82) is 0 Å². The maximum atomic E-state index is 12.1. The van der Waals surface area contributed by atoms with E-state index in [2.05, 4.69) is 17.2 Å². The molecule has 0 aliphatic carbocycles. The van der Waals surface area contributed by atoms with Crippen LogP contribution in [0.1, 0.15) is 35.0 Å². The van der Waals surface area contributed by atoms with Gasteiger partial charge in [-0.1, -0.05) is 13.3 Å². The quantitative estimate of drug-likeness (QED) is 0.881. The van der Waals surface area contributed by atoms with Crippen molar-refractivity contribution in [3.63, 3.8) is 0 Å². The highest BCUT2D eigenvalue weighted by Crippen LogP contribution is 2.10. The highest BCUT2D eigenvalue weighted by molar-refractivity contribution is 7.07. The number of aromatic nitrogens is 1. The number of anilines is 1. The third kappa shape index (κ3) is 3.79. The van der Waals surface area contributed by atoms with E-state index >= 15 is 0 Å². The predicted molar refractivity (Wildman–Crippen MR) is 78.1 cm³/mol. The molecule has 5 heteroatoms. The second kappa shape index (κ2) is 6.33. The number of nitrogen functional groups attached to an aromatic ring is 1. The largest absolute Gasteiger partial charge is 0.384 e. The van der Waals surface area contributed by atoms with Gasteiger partial charge in [-0.25, -0.2) is 4.98 Å². The van der Waals surface area contributed by atoms with Crippen molar-refractivity contribution >= 4 is 23.1 Å². The molecule has 3 N–H and O–H groups in total. The van der Waals surface area contributed by atoms with Gasteiger partial charge in [-0.2, -0.15) is 11.3 Å². The average Bonchev–Trinajstić information content (AvgIpc) is 2.88. The van der Waals surface area contributed by atoms with Crippen LogP contribution in [-0.4, -0.2) is 10.9 Å². The van der Waals surface area contributed by atoms with E-state index in [1.807, 2.05) is 22.9 Å². The van der Waals surface area contributed by atoms with Gasteiger partial charge < -0.3 is 11.1 Å². The fraction of sp³-hybridized carbons (Fsp3) is 0.286. The highest BCUT2D eigenvalue weighted by Gasteiger charge is 2.08. The van der Waals surface area contributed by atoms with Crippen molar-refractivity contribution in [2.75, 3.05) is 5.73 Å². The summed E-state index contributed by atoms with van der Waals surface area (Å²) in [6.07, 6.45) is 1.81. The van der Waals surface area contributed by atoms with Crippen LogP contribution in [-0.2, 0) is 13.0 Å². The zero-order valence-electron chi connectivity index (χ0n) is 10.8. The monoisotopic (exact) mass is 275 g/mol. The van der Waals surface area contributed by atoms with Crippen LogP contribution in [0.2, 0.25) is 0 Å². The minimum atomic E-state index is -0.113. The Hall–Kier alpha value is -1.88. The van der Waals surface area contributed by atoms with Crippen molar-refractivity contribution in [3.05, 3.63) is 45.8 Å². The number of carbonyl (C=O) groups is 1. The molecule has 2 aromatic heterocycles. The topological polar surface area (TPSA) is 68.0 Å². The summed E-state index contributed by atoms with van der Waals surface area (Å²) in [5.41, 5.74) is 8.27. The number of aryl methyl sites for hydroxylation is 1. The number of pyridine rings is 1. The predicted octanol–water partition coefficient (Wildman–Crippen LogP) is 2.61. The molecule has 2 aromatic rings. The lowest BCUT2D eigenvalue weighted by atomic mass is 10.1. The van der Waals surface area contributed by atoms with E-state index in [4.69, 9.17) is 5.73 Å². The van der Waals surface area contributed by atoms with Crippen LogP contribution >= 0.6 is 11.3 Å². The second-order valence-corrected chi connectivity index (χ2v) is 5.12. The molecule has 0 radical (unpaired) electrons. The first-order valence-corrected chi connectivity index (χ1v) is 7.19. The van der Waals surface area contributed by atoms with E-state index in [9.17, 15) is 4.79 Å². The number of thiophene rings is 1. The van der Waals surface area contributed by atoms with Gasteiger partial charge >= 0.3 is 0 Å². The minimum absolute atomic E-state index is 0.113. The first-order valence-electron chi connectivity index (χ1n) is 6.24. The average molecular weight is 275 g/mol. The SMILES string of the molecule is CCCc1cc(C(=O)NCc2ccsc2)cc(N)n1. The third-order valence-corrected chi connectivity index (χ3v) is 3.43. The number of nitrogens with zero attached hydrogens (tertiary/aromatic N) is 1. The van der Waals surface area contributed by atoms with Gasteiger partial charge in [0.15, 0.2) is 0 Å². The van der Waals surface area contributed by atoms with E-state index in [0.717, 1.165) is 24.1 Å². The molecule has 0 spiro atoms. The molecule has 0 unspecified atom stereocenters. The van der Waals surface area contributed by atoms with Crippen LogP contribution in [0, 0.1) is 0 Å². The molecule has 0 saturated heterocycles. The molecule has 2 heterocycles. The first kappa shape index (κ1) is 13.5. The molecule has 100 valence electrons. The Morgan fingerprint density at radius 3 is 3.00 bits per heavy atom. The molecule has 0 bridgehead atoms. The summed E-state index contributed by atoms with van der Waals surface area (Å²) in [7, 11) is 0. The van der Waals surface area contributed by atoms with Crippen molar-refractivity contribution in [1.82, 2.24) is 10.3 Å². The van der Waals surface area contributed by atoms with E-state index in [0.29, 0.717) is 17.9 Å². The van der Waals surface area contributed by atoms with Gasteiger partial charge in [0.1, 0.15) is 5.82 Å². The zero-order chi connectivity index (χ0) is 13.7. The lowest BCUT2D eigenvalue weighted by Gasteiger charge is -2.07. The van der Waals surface area contributed by atoms with Crippen LogP contribution in [0.5, 0.6) is 0 Å². The van der Waals surface area contributed by atoms with Crippen molar-refractivity contribution < 1.29 is 4.79 Å². The Morgan fingerprint density at radius 1 is 1.47 bits per heavy atom. The summed E-state index contributed by atoms with van der Waals surface area (Å²) in [6, 6.07) is 5.42. The van der Waals surface area contributed by atoms with E-state index in [-0.39, 0.29) is 5.91 Å². The molecule has 0 saturated carbocycles. The maximum absolute atomic E-state index is 12.1.